The smallest absolute Gasteiger partial charge is 0.321 e. The van der Waals surface area contributed by atoms with Gasteiger partial charge in [-0.25, -0.2) is 4.39 Å². The zero-order valence-corrected chi connectivity index (χ0v) is 8.83. The summed E-state index contributed by atoms with van der Waals surface area (Å²) < 4.78 is 13.5. The molecule has 0 fully saturated rings. The lowest BCUT2D eigenvalue weighted by molar-refractivity contribution is -0.139. The van der Waals surface area contributed by atoms with Gasteiger partial charge < -0.3 is 10.8 Å². The number of aliphatic carboxylic acids is 1. The van der Waals surface area contributed by atoms with E-state index in [1.807, 2.05) is 0 Å². The molecule has 1 aromatic rings. The number of carboxylic acids is 1. The topological polar surface area (TPSA) is 63.3 Å². The van der Waals surface area contributed by atoms with E-state index in [-0.39, 0.29) is 10.6 Å². The van der Waals surface area contributed by atoms with Crippen LogP contribution in [0.2, 0.25) is 5.02 Å². The number of benzene rings is 1. The van der Waals surface area contributed by atoms with Crippen molar-refractivity contribution in [2.75, 3.05) is 0 Å². The van der Waals surface area contributed by atoms with Crippen molar-refractivity contribution in [3.05, 3.63) is 34.6 Å². The van der Waals surface area contributed by atoms with E-state index in [9.17, 15) is 9.18 Å². The summed E-state index contributed by atoms with van der Waals surface area (Å²) in [7, 11) is 0. The van der Waals surface area contributed by atoms with Gasteiger partial charge in [0.1, 0.15) is 11.9 Å². The van der Waals surface area contributed by atoms with E-state index in [1.54, 1.807) is 13.0 Å². The third kappa shape index (κ3) is 2.46. The van der Waals surface area contributed by atoms with Crippen LogP contribution in [-0.2, 0) is 4.79 Å². The van der Waals surface area contributed by atoms with E-state index in [0.717, 1.165) is 0 Å². The fourth-order valence-corrected chi connectivity index (χ4v) is 1.46. The molecule has 82 valence electrons. The summed E-state index contributed by atoms with van der Waals surface area (Å²) >= 11 is 5.58. The molecule has 0 heterocycles. The Balaban J connectivity index is 3.06. The average molecular weight is 232 g/mol. The average Bonchev–Trinajstić information content (AvgIpc) is 2.20. The Hall–Kier alpha value is -1.13. The highest BCUT2D eigenvalue weighted by Gasteiger charge is 2.24. The fraction of sp³-hybridized carbons (Fsp3) is 0.300. The van der Waals surface area contributed by atoms with E-state index in [4.69, 9.17) is 22.4 Å². The van der Waals surface area contributed by atoms with Gasteiger partial charge in [-0.1, -0.05) is 30.7 Å². The lowest BCUT2D eigenvalue weighted by Gasteiger charge is -2.17. The van der Waals surface area contributed by atoms with Crippen LogP contribution >= 0.6 is 11.6 Å². The number of halogens is 2. The Morgan fingerprint density at radius 3 is 2.73 bits per heavy atom. The van der Waals surface area contributed by atoms with Crippen LogP contribution in [0.5, 0.6) is 0 Å². The minimum Gasteiger partial charge on any atom is -0.480 e. The number of carboxylic acid groups (broad SMARTS) is 1. The van der Waals surface area contributed by atoms with Crippen molar-refractivity contribution in [2.24, 2.45) is 5.73 Å². The number of rotatable bonds is 3. The standard InChI is InChI=1S/C10H11ClFNO2/c1-5(9(13)10(14)15)6-3-2-4-7(11)8(6)12/h2-5,9H,13H2,1H3,(H,14,15)/t5?,9-/m1/s1. The monoisotopic (exact) mass is 231 g/mol. The summed E-state index contributed by atoms with van der Waals surface area (Å²) in [6.07, 6.45) is 0. The Labute approximate surface area is 91.7 Å². The van der Waals surface area contributed by atoms with E-state index >= 15 is 0 Å². The van der Waals surface area contributed by atoms with Crippen LogP contribution in [0.1, 0.15) is 18.4 Å². The molecule has 0 radical (unpaired) electrons. The van der Waals surface area contributed by atoms with Gasteiger partial charge in [-0.3, -0.25) is 4.79 Å². The van der Waals surface area contributed by atoms with Crippen molar-refractivity contribution in [1.82, 2.24) is 0 Å². The maximum atomic E-state index is 13.5. The van der Waals surface area contributed by atoms with Crippen LogP contribution in [0, 0.1) is 5.82 Å². The first-order valence-corrected chi connectivity index (χ1v) is 4.75. The Kier molecular flexibility index (Phi) is 3.66. The molecule has 0 amide bonds. The quantitative estimate of drug-likeness (QED) is 0.836. The second kappa shape index (κ2) is 4.59. The van der Waals surface area contributed by atoms with Gasteiger partial charge in [-0.05, 0) is 11.6 Å². The molecule has 3 N–H and O–H groups in total. The summed E-state index contributed by atoms with van der Waals surface area (Å²) in [5.41, 5.74) is 5.62. The lowest BCUT2D eigenvalue weighted by atomic mass is 9.93. The first-order valence-electron chi connectivity index (χ1n) is 4.37. The number of nitrogens with two attached hydrogens (primary N) is 1. The van der Waals surface area contributed by atoms with E-state index in [2.05, 4.69) is 0 Å². The SMILES string of the molecule is CC(c1cccc(Cl)c1F)[C@@H](N)C(=O)O. The summed E-state index contributed by atoms with van der Waals surface area (Å²) in [4.78, 5) is 10.6. The van der Waals surface area contributed by atoms with Crippen LogP contribution in [0.25, 0.3) is 0 Å². The first kappa shape index (κ1) is 11.9. The molecule has 0 aliphatic carbocycles. The van der Waals surface area contributed by atoms with Crippen molar-refractivity contribution >= 4 is 17.6 Å². The third-order valence-corrected chi connectivity index (χ3v) is 2.59. The van der Waals surface area contributed by atoms with Gasteiger partial charge in [0.15, 0.2) is 0 Å². The van der Waals surface area contributed by atoms with Crippen molar-refractivity contribution in [3.8, 4) is 0 Å². The van der Waals surface area contributed by atoms with Crippen LogP contribution in [0.15, 0.2) is 18.2 Å². The molecule has 2 atom stereocenters. The molecule has 3 nitrogen and oxygen atoms in total. The molecule has 0 saturated heterocycles. The molecule has 0 spiro atoms. The fourth-order valence-electron chi connectivity index (χ4n) is 1.28. The molecule has 0 aliphatic heterocycles. The maximum Gasteiger partial charge on any atom is 0.321 e. The summed E-state index contributed by atoms with van der Waals surface area (Å²) in [5, 5.41) is 8.66. The van der Waals surface area contributed by atoms with Crippen LogP contribution in [0.4, 0.5) is 4.39 Å². The van der Waals surface area contributed by atoms with Crippen LogP contribution in [-0.4, -0.2) is 17.1 Å². The molecular formula is C10H11ClFNO2. The van der Waals surface area contributed by atoms with Crippen molar-refractivity contribution in [2.45, 2.75) is 18.9 Å². The van der Waals surface area contributed by atoms with Crippen LogP contribution < -0.4 is 5.73 Å². The lowest BCUT2D eigenvalue weighted by Crippen LogP contribution is -2.35. The predicted octanol–water partition coefficient (Wildman–Crippen LogP) is 1.99. The van der Waals surface area contributed by atoms with Crippen LogP contribution in [0.3, 0.4) is 0 Å². The highest BCUT2D eigenvalue weighted by atomic mass is 35.5. The number of hydrogen-bond acceptors (Lipinski definition) is 2. The zero-order valence-electron chi connectivity index (χ0n) is 8.08. The first-order chi connectivity index (χ1) is 6.95. The molecule has 0 bridgehead atoms. The van der Waals surface area contributed by atoms with Gasteiger partial charge in [0.2, 0.25) is 0 Å². The molecule has 1 rings (SSSR count). The zero-order chi connectivity index (χ0) is 11.6. The summed E-state index contributed by atoms with van der Waals surface area (Å²) in [6, 6.07) is 3.30. The van der Waals surface area contributed by atoms with Crippen molar-refractivity contribution in [1.29, 1.82) is 0 Å². The molecular weight excluding hydrogens is 221 g/mol. The van der Waals surface area contributed by atoms with Gasteiger partial charge in [0.25, 0.3) is 0 Å². The molecule has 0 aromatic heterocycles. The third-order valence-electron chi connectivity index (χ3n) is 2.30. The molecule has 1 unspecified atom stereocenters. The Morgan fingerprint density at radius 2 is 2.20 bits per heavy atom. The van der Waals surface area contributed by atoms with Gasteiger partial charge in [-0.2, -0.15) is 0 Å². The predicted molar refractivity (Wildman–Crippen MR) is 55.4 cm³/mol. The molecule has 0 saturated carbocycles. The molecule has 1 aromatic carbocycles. The van der Waals surface area contributed by atoms with Gasteiger partial charge in [-0.15, -0.1) is 0 Å². The molecule has 15 heavy (non-hydrogen) atoms. The Bertz CT molecular complexity index is 384. The molecule has 0 aliphatic rings. The van der Waals surface area contributed by atoms with E-state index < -0.39 is 23.7 Å². The van der Waals surface area contributed by atoms with Crippen molar-refractivity contribution in [3.63, 3.8) is 0 Å². The maximum absolute atomic E-state index is 13.5. The minimum atomic E-state index is -1.16. The highest BCUT2D eigenvalue weighted by Crippen LogP contribution is 2.26. The second-order valence-corrected chi connectivity index (χ2v) is 3.70. The normalized spacial score (nSPS) is 14.7. The number of carbonyl (C=O) groups is 1. The Morgan fingerprint density at radius 1 is 1.60 bits per heavy atom. The van der Waals surface area contributed by atoms with E-state index in [0.29, 0.717) is 0 Å². The van der Waals surface area contributed by atoms with Crippen molar-refractivity contribution < 1.29 is 14.3 Å². The largest absolute Gasteiger partial charge is 0.480 e. The number of hydrogen-bond donors (Lipinski definition) is 2. The second-order valence-electron chi connectivity index (χ2n) is 3.30. The minimum absolute atomic E-state index is 0.0306. The van der Waals surface area contributed by atoms with Gasteiger partial charge >= 0.3 is 5.97 Å². The summed E-state index contributed by atoms with van der Waals surface area (Å²) in [5.74, 6) is -2.40. The summed E-state index contributed by atoms with van der Waals surface area (Å²) in [6.45, 7) is 1.55. The van der Waals surface area contributed by atoms with Gasteiger partial charge in [0.05, 0.1) is 5.02 Å². The van der Waals surface area contributed by atoms with E-state index in [1.165, 1.54) is 12.1 Å². The van der Waals surface area contributed by atoms with Gasteiger partial charge in [0, 0.05) is 5.92 Å². The molecule has 5 heteroatoms. The highest BCUT2D eigenvalue weighted by molar-refractivity contribution is 6.30.